The number of carbonyl (C=O) groups is 2. The van der Waals surface area contributed by atoms with Crippen LogP contribution in [0, 0.1) is 0 Å². The van der Waals surface area contributed by atoms with Gasteiger partial charge >= 0.3 is 0 Å². The van der Waals surface area contributed by atoms with Crippen LogP contribution in [0.25, 0.3) is 0 Å². The van der Waals surface area contributed by atoms with Crippen molar-refractivity contribution in [1.82, 2.24) is 10.2 Å². The number of nitrogens with one attached hydrogen (secondary N) is 1. The number of carbonyl (C=O) groups excluding carboxylic acids is 2. The summed E-state index contributed by atoms with van der Waals surface area (Å²) < 4.78 is 32.7. The first kappa shape index (κ1) is 34.6. The van der Waals surface area contributed by atoms with E-state index in [9.17, 15) is 18.0 Å². The number of halogens is 2. The Balaban J connectivity index is 1.61. The average molecular weight is 675 g/mol. The van der Waals surface area contributed by atoms with Gasteiger partial charge in [-0.25, -0.2) is 8.42 Å². The summed E-state index contributed by atoms with van der Waals surface area (Å²) in [5.74, 6) is -0.0257. The lowest BCUT2D eigenvalue weighted by molar-refractivity contribution is -0.141. The molecule has 1 saturated carbocycles. The van der Waals surface area contributed by atoms with E-state index in [1.807, 2.05) is 37.3 Å². The van der Waals surface area contributed by atoms with E-state index >= 15 is 0 Å². The van der Waals surface area contributed by atoms with Crippen molar-refractivity contribution in [2.75, 3.05) is 23.7 Å². The number of benzene rings is 3. The van der Waals surface area contributed by atoms with Crippen LogP contribution < -0.4 is 14.4 Å². The summed E-state index contributed by atoms with van der Waals surface area (Å²) in [6, 6.07) is 21.0. The van der Waals surface area contributed by atoms with Crippen LogP contribution in [-0.2, 0) is 32.6 Å². The highest BCUT2D eigenvalue weighted by Crippen LogP contribution is 2.31. The van der Waals surface area contributed by atoms with Crippen LogP contribution in [0.4, 0.5) is 5.69 Å². The Morgan fingerprint density at radius 2 is 1.64 bits per heavy atom. The summed E-state index contributed by atoms with van der Waals surface area (Å²) >= 11 is 12.5. The lowest BCUT2D eigenvalue weighted by Crippen LogP contribution is -2.52. The molecule has 242 valence electrons. The minimum absolute atomic E-state index is 0.0200. The van der Waals surface area contributed by atoms with E-state index in [0.29, 0.717) is 34.5 Å². The molecule has 1 aliphatic rings. The molecular weight excluding hydrogens is 633 g/mol. The standard InChI is InChI=1S/C34H41Cl2N3O5S/c1-3-44-32-17-10-9-16-30(32)39(45(2,42)43)21-11-18-33(40)38(24-26-19-20-28(35)29(36)22-26)31(23-25-12-5-4-6-13-25)34(41)37-27-14-7-8-15-27/h4-6,9-10,12-13,16-17,19-20,22,27,31H,3,7-8,11,14-15,18,21,23-24H2,1-2H3,(H,37,41)/t31-/m0/s1. The second kappa shape index (κ2) is 16.3. The van der Waals surface area contributed by atoms with Gasteiger partial charge in [-0.3, -0.25) is 13.9 Å². The minimum Gasteiger partial charge on any atom is -0.492 e. The molecule has 11 heteroatoms. The number of hydrogen-bond donors (Lipinski definition) is 1. The smallest absolute Gasteiger partial charge is 0.243 e. The topological polar surface area (TPSA) is 96.0 Å². The molecule has 0 heterocycles. The van der Waals surface area contributed by atoms with E-state index in [-0.39, 0.29) is 43.8 Å². The van der Waals surface area contributed by atoms with E-state index in [0.717, 1.165) is 43.1 Å². The number of amides is 2. The van der Waals surface area contributed by atoms with Crippen molar-refractivity contribution in [3.05, 3.63) is 94.0 Å². The van der Waals surface area contributed by atoms with Crippen molar-refractivity contribution in [3.8, 4) is 5.75 Å². The summed E-state index contributed by atoms with van der Waals surface area (Å²) in [5.41, 5.74) is 2.07. The molecule has 0 radical (unpaired) electrons. The van der Waals surface area contributed by atoms with Crippen LogP contribution in [-0.4, -0.2) is 56.6 Å². The summed E-state index contributed by atoms with van der Waals surface area (Å²) in [7, 11) is -3.68. The fourth-order valence-electron chi connectivity index (χ4n) is 5.68. The normalized spacial score (nSPS) is 14.1. The van der Waals surface area contributed by atoms with Gasteiger partial charge in [0, 0.05) is 32.0 Å². The Hall–Kier alpha value is -3.27. The van der Waals surface area contributed by atoms with E-state index in [4.69, 9.17) is 27.9 Å². The molecule has 0 spiro atoms. The lowest BCUT2D eigenvalue weighted by atomic mass is 10.0. The molecule has 0 bridgehead atoms. The highest BCUT2D eigenvalue weighted by molar-refractivity contribution is 7.92. The summed E-state index contributed by atoms with van der Waals surface area (Å²) in [6.45, 7) is 2.40. The van der Waals surface area contributed by atoms with E-state index in [2.05, 4.69) is 5.32 Å². The first-order chi connectivity index (χ1) is 21.6. The Bertz CT molecular complexity index is 1550. The van der Waals surface area contributed by atoms with Crippen molar-refractivity contribution in [3.63, 3.8) is 0 Å². The van der Waals surface area contributed by atoms with Crippen LogP contribution in [0.3, 0.4) is 0 Å². The Kier molecular flexibility index (Phi) is 12.6. The van der Waals surface area contributed by atoms with Crippen molar-refractivity contribution < 1.29 is 22.7 Å². The maximum atomic E-state index is 14.1. The monoisotopic (exact) mass is 673 g/mol. The van der Waals surface area contributed by atoms with Gasteiger partial charge in [-0.1, -0.05) is 84.6 Å². The molecule has 45 heavy (non-hydrogen) atoms. The maximum absolute atomic E-state index is 14.1. The third-order valence-corrected chi connectivity index (χ3v) is 9.81. The summed E-state index contributed by atoms with van der Waals surface area (Å²) in [6.07, 6.45) is 5.65. The molecule has 1 N–H and O–H groups in total. The fourth-order valence-corrected chi connectivity index (χ4v) is 6.97. The van der Waals surface area contributed by atoms with Crippen molar-refractivity contribution in [2.24, 2.45) is 0 Å². The van der Waals surface area contributed by atoms with Crippen LogP contribution in [0.2, 0.25) is 10.0 Å². The first-order valence-electron chi connectivity index (χ1n) is 15.3. The number of nitrogens with zero attached hydrogens (tertiary/aromatic N) is 2. The van der Waals surface area contributed by atoms with Gasteiger partial charge in [0.05, 0.1) is 28.6 Å². The van der Waals surface area contributed by atoms with Crippen molar-refractivity contribution in [2.45, 2.75) is 70.5 Å². The predicted molar refractivity (Wildman–Crippen MR) is 180 cm³/mol. The Morgan fingerprint density at radius 3 is 2.31 bits per heavy atom. The zero-order chi connectivity index (χ0) is 32.4. The zero-order valence-corrected chi connectivity index (χ0v) is 28.1. The molecule has 4 rings (SSSR count). The van der Waals surface area contributed by atoms with E-state index < -0.39 is 16.1 Å². The van der Waals surface area contributed by atoms with Gasteiger partial charge in [0.1, 0.15) is 11.8 Å². The maximum Gasteiger partial charge on any atom is 0.243 e. The number of rotatable bonds is 15. The third kappa shape index (κ3) is 9.86. The lowest BCUT2D eigenvalue weighted by Gasteiger charge is -2.33. The molecule has 1 atom stereocenters. The van der Waals surface area contributed by atoms with Gasteiger partial charge in [0.2, 0.25) is 21.8 Å². The van der Waals surface area contributed by atoms with Gasteiger partial charge in [-0.05, 0) is 61.6 Å². The summed E-state index contributed by atoms with van der Waals surface area (Å²) in [4.78, 5) is 29.6. The van der Waals surface area contributed by atoms with Gasteiger partial charge < -0.3 is 15.0 Å². The van der Waals surface area contributed by atoms with Gasteiger partial charge in [0.25, 0.3) is 0 Å². The quantitative estimate of drug-likeness (QED) is 0.195. The molecule has 3 aromatic rings. The van der Waals surface area contributed by atoms with Gasteiger partial charge in [0.15, 0.2) is 0 Å². The number of sulfonamides is 1. The molecule has 0 aliphatic heterocycles. The first-order valence-corrected chi connectivity index (χ1v) is 17.9. The SMILES string of the molecule is CCOc1ccccc1N(CCCC(=O)N(Cc1ccc(Cl)c(Cl)c1)[C@@H](Cc1ccccc1)C(=O)NC1CCCC1)S(C)(=O)=O. The number of anilines is 1. The van der Waals surface area contributed by atoms with Crippen molar-refractivity contribution >= 4 is 50.7 Å². The second-order valence-corrected chi connectivity index (χ2v) is 14.0. The average Bonchev–Trinajstić information content (AvgIpc) is 3.52. The Labute approximate surface area is 276 Å². The Morgan fingerprint density at radius 1 is 0.956 bits per heavy atom. The minimum atomic E-state index is -3.68. The molecule has 0 unspecified atom stereocenters. The third-order valence-electron chi connectivity index (χ3n) is 7.90. The summed E-state index contributed by atoms with van der Waals surface area (Å²) in [5, 5.41) is 3.94. The highest BCUT2D eigenvalue weighted by atomic mass is 35.5. The van der Waals surface area contributed by atoms with Crippen LogP contribution >= 0.6 is 23.2 Å². The number of para-hydroxylation sites is 2. The molecule has 8 nitrogen and oxygen atoms in total. The number of hydrogen-bond acceptors (Lipinski definition) is 5. The molecule has 2 amide bonds. The molecule has 3 aromatic carbocycles. The predicted octanol–water partition coefficient (Wildman–Crippen LogP) is 6.64. The molecule has 1 aliphatic carbocycles. The van der Waals surface area contributed by atoms with E-state index in [1.165, 1.54) is 4.31 Å². The molecule has 0 saturated heterocycles. The largest absolute Gasteiger partial charge is 0.492 e. The molecule has 0 aromatic heterocycles. The highest BCUT2D eigenvalue weighted by Gasteiger charge is 2.32. The van der Waals surface area contributed by atoms with Gasteiger partial charge in [-0.15, -0.1) is 0 Å². The number of ether oxygens (including phenoxy) is 1. The van der Waals surface area contributed by atoms with Gasteiger partial charge in [-0.2, -0.15) is 0 Å². The van der Waals surface area contributed by atoms with Crippen LogP contribution in [0.1, 0.15) is 56.6 Å². The zero-order valence-electron chi connectivity index (χ0n) is 25.8. The van der Waals surface area contributed by atoms with Crippen molar-refractivity contribution in [1.29, 1.82) is 0 Å². The molecular formula is C34H41Cl2N3O5S. The second-order valence-electron chi connectivity index (χ2n) is 11.3. The molecule has 1 fully saturated rings. The van der Waals surface area contributed by atoms with Crippen LogP contribution in [0.15, 0.2) is 72.8 Å². The fraction of sp³-hybridized carbons (Fsp3) is 0.412. The van der Waals surface area contributed by atoms with E-state index in [1.54, 1.807) is 47.4 Å². The van der Waals surface area contributed by atoms with Crippen LogP contribution in [0.5, 0.6) is 5.75 Å².